The summed E-state index contributed by atoms with van der Waals surface area (Å²) in [6.07, 6.45) is 1.89. The summed E-state index contributed by atoms with van der Waals surface area (Å²) in [6, 6.07) is 13.4. The number of nitriles is 1. The molecule has 7 nitrogen and oxygen atoms in total. The van der Waals surface area contributed by atoms with Gasteiger partial charge in [-0.2, -0.15) is 5.26 Å². The number of hydrogen-bond acceptors (Lipinski definition) is 6. The number of amides is 1. The van der Waals surface area contributed by atoms with Gasteiger partial charge in [-0.1, -0.05) is 0 Å². The average molecular weight is 394 g/mol. The molecule has 152 valence electrons. The zero-order chi connectivity index (χ0) is 20.6. The number of piperazine rings is 1. The summed E-state index contributed by atoms with van der Waals surface area (Å²) < 4.78 is 5.35. The normalized spacial score (nSPS) is 14.4. The highest BCUT2D eigenvalue weighted by Crippen LogP contribution is 2.18. The van der Waals surface area contributed by atoms with Crippen molar-refractivity contribution >= 4 is 17.4 Å². The maximum Gasteiger partial charge on any atom is 0.237 e. The molecule has 0 aliphatic carbocycles. The van der Waals surface area contributed by atoms with E-state index in [-0.39, 0.29) is 11.7 Å². The van der Waals surface area contributed by atoms with Gasteiger partial charge in [-0.15, -0.1) is 0 Å². The molecule has 2 heterocycles. The Morgan fingerprint density at radius 2 is 1.86 bits per heavy atom. The van der Waals surface area contributed by atoms with Crippen LogP contribution in [0.5, 0.6) is 0 Å². The zero-order valence-corrected chi connectivity index (χ0v) is 16.7. The number of rotatable bonds is 8. The standard InChI is InChI=1S/C22H26N4O3/c1-18(27)19-5-7-20(8-6-19)25-13-11-24(12-14-25)17-22(28)26(10-3-9-23)16-21-4-2-15-29-21/h2,4-8,15H,3,10-14,16-17H2,1H3. The van der Waals surface area contributed by atoms with Crippen molar-refractivity contribution in [2.24, 2.45) is 0 Å². The van der Waals surface area contributed by atoms with Gasteiger partial charge in [0, 0.05) is 44.0 Å². The zero-order valence-electron chi connectivity index (χ0n) is 16.7. The number of furan rings is 1. The lowest BCUT2D eigenvalue weighted by atomic mass is 10.1. The Morgan fingerprint density at radius 3 is 2.45 bits per heavy atom. The van der Waals surface area contributed by atoms with Crippen molar-refractivity contribution in [3.8, 4) is 6.07 Å². The van der Waals surface area contributed by atoms with Crippen molar-refractivity contribution < 1.29 is 14.0 Å². The van der Waals surface area contributed by atoms with Crippen LogP contribution in [0, 0.1) is 11.3 Å². The number of carbonyl (C=O) groups excluding carboxylic acids is 2. The Morgan fingerprint density at radius 1 is 1.14 bits per heavy atom. The number of nitrogens with zero attached hydrogens (tertiary/aromatic N) is 4. The largest absolute Gasteiger partial charge is 0.467 e. The van der Waals surface area contributed by atoms with Crippen LogP contribution < -0.4 is 4.90 Å². The molecule has 7 heteroatoms. The molecule has 1 amide bonds. The van der Waals surface area contributed by atoms with Gasteiger partial charge in [0.25, 0.3) is 0 Å². The Hall–Kier alpha value is -3.11. The summed E-state index contributed by atoms with van der Waals surface area (Å²) in [5.74, 6) is 0.793. The van der Waals surface area contributed by atoms with Gasteiger partial charge < -0.3 is 14.2 Å². The first-order chi connectivity index (χ1) is 14.1. The van der Waals surface area contributed by atoms with Gasteiger partial charge >= 0.3 is 0 Å². The second-order valence-electron chi connectivity index (χ2n) is 7.17. The Kier molecular flexibility index (Phi) is 7.04. The van der Waals surface area contributed by atoms with E-state index in [1.54, 1.807) is 24.2 Å². The molecule has 1 aromatic heterocycles. The Balaban J connectivity index is 1.52. The summed E-state index contributed by atoms with van der Waals surface area (Å²) >= 11 is 0. The minimum Gasteiger partial charge on any atom is -0.467 e. The lowest BCUT2D eigenvalue weighted by Gasteiger charge is -2.36. The third kappa shape index (κ3) is 5.69. The molecule has 0 saturated carbocycles. The van der Waals surface area contributed by atoms with Gasteiger partial charge in [-0.3, -0.25) is 14.5 Å². The fraction of sp³-hybridized carbons (Fsp3) is 0.409. The van der Waals surface area contributed by atoms with Gasteiger partial charge in [0.2, 0.25) is 5.91 Å². The first kappa shape index (κ1) is 20.6. The first-order valence-corrected chi connectivity index (χ1v) is 9.82. The third-order valence-electron chi connectivity index (χ3n) is 5.14. The van der Waals surface area contributed by atoms with E-state index in [4.69, 9.17) is 9.68 Å². The quantitative estimate of drug-likeness (QED) is 0.640. The molecule has 29 heavy (non-hydrogen) atoms. The van der Waals surface area contributed by atoms with Crippen LogP contribution >= 0.6 is 0 Å². The molecule has 2 aromatic rings. The van der Waals surface area contributed by atoms with E-state index in [1.165, 1.54) is 0 Å². The van der Waals surface area contributed by atoms with E-state index in [1.807, 2.05) is 30.3 Å². The molecule has 1 aliphatic rings. The summed E-state index contributed by atoms with van der Waals surface area (Å²) in [7, 11) is 0. The fourth-order valence-electron chi connectivity index (χ4n) is 3.43. The number of ketones is 1. The van der Waals surface area contributed by atoms with E-state index >= 15 is 0 Å². The van der Waals surface area contributed by atoms with Gasteiger partial charge in [0.15, 0.2) is 5.78 Å². The van der Waals surface area contributed by atoms with Crippen LogP contribution in [-0.4, -0.2) is 60.8 Å². The summed E-state index contributed by atoms with van der Waals surface area (Å²) in [4.78, 5) is 30.3. The second-order valence-corrected chi connectivity index (χ2v) is 7.17. The van der Waals surface area contributed by atoms with Crippen LogP contribution in [0.1, 0.15) is 29.5 Å². The Labute approximate surface area is 171 Å². The molecule has 0 atom stereocenters. The van der Waals surface area contributed by atoms with Crippen LogP contribution in [0.25, 0.3) is 0 Å². The van der Waals surface area contributed by atoms with E-state index in [2.05, 4.69) is 15.9 Å². The van der Waals surface area contributed by atoms with E-state index in [0.717, 1.165) is 37.6 Å². The first-order valence-electron chi connectivity index (χ1n) is 9.82. The molecule has 0 unspecified atom stereocenters. The molecule has 0 bridgehead atoms. The summed E-state index contributed by atoms with van der Waals surface area (Å²) in [5, 5.41) is 8.88. The van der Waals surface area contributed by atoms with Crippen molar-refractivity contribution in [1.82, 2.24) is 9.80 Å². The highest BCUT2D eigenvalue weighted by atomic mass is 16.3. The number of Topliss-reactive ketones (excluding diaryl/α,β-unsaturated/α-hetero) is 1. The van der Waals surface area contributed by atoms with Crippen molar-refractivity contribution in [3.63, 3.8) is 0 Å². The van der Waals surface area contributed by atoms with Crippen LogP contribution in [0.3, 0.4) is 0 Å². The van der Waals surface area contributed by atoms with Crippen molar-refractivity contribution in [2.45, 2.75) is 19.9 Å². The molecule has 1 saturated heterocycles. The third-order valence-corrected chi connectivity index (χ3v) is 5.14. The van der Waals surface area contributed by atoms with Crippen LogP contribution in [0.15, 0.2) is 47.1 Å². The predicted octanol–water partition coefficient (Wildman–Crippen LogP) is 2.55. The van der Waals surface area contributed by atoms with Crippen LogP contribution in [0.2, 0.25) is 0 Å². The molecule has 1 aliphatic heterocycles. The van der Waals surface area contributed by atoms with E-state index in [9.17, 15) is 9.59 Å². The molecular weight excluding hydrogens is 368 g/mol. The van der Waals surface area contributed by atoms with Crippen LogP contribution in [-0.2, 0) is 11.3 Å². The Bertz CT molecular complexity index is 847. The monoisotopic (exact) mass is 394 g/mol. The lowest BCUT2D eigenvalue weighted by molar-refractivity contribution is -0.133. The molecule has 0 N–H and O–H groups in total. The summed E-state index contributed by atoms with van der Waals surface area (Å²) in [5.41, 5.74) is 1.81. The maximum atomic E-state index is 12.8. The smallest absolute Gasteiger partial charge is 0.237 e. The minimum absolute atomic E-state index is 0.0101. The highest BCUT2D eigenvalue weighted by Gasteiger charge is 2.22. The second kappa shape index (κ2) is 9.89. The fourth-order valence-corrected chi connectivity index (χ4v) is 3.43. The van der Waals surface area contributed by atoms with Gasteiger partial charge in [-0.25, -0.2) is 0 Å². The lowest BCUT2D eigenvalue weighted by Crippen LogP contribution is -2.50. The minimum atomic E-state index is 0.0101. The van der Waals surface area contributed by atoms with Crippen molar-refractivity contribution in [1.29, 1.82) is 5.26 Å². The van der Waals surface area contributed by atoms with E-state index < -0.39 is 0 Å². The van der Waals surface area contributed by atoms with Gasteiger partial charge in [0.1, 0.15) is 5.76 Å². The molecule has 1 aromatic carbocycles. The van der Waals surface area contributed by atoms with Gasteiger partial charge in [0.05, 0.1) is 31.8 Å². The number of hydrogen-bond donors (Lipinski definition) is 0. The molecule has 0 radical (unpaired) electrons. The highest BCUT2D eigenvalue weighted by molar-refractivity contribution is 5.94. The van der Waals surface area contributed by atoms with Crippen LogP contribution in [0.4, 0.5) is 5.69 Å². The predicted molar refractivity (Wildman–Crippen MR) is 109 cm³/mol. The maximum absolute atomic E-state index is 12.8. The number of anilines is 1. The average Bonchev–Trinajstić information content (AvgIpc) is 3.25. The molecular formula is C22H26N4O3. The van der Waals surface area contributed by atoms with E-state index in [0.29, 0.717) is 31.6 Å². The topological polar surface area (TPSA) is 80.8 Å². The van der Waals surface area contributed by atoms with Gasteiger partial charge in [-0.05, 0) is 43.3 Å². The van der Waals surface area contributed by atoms with Crippen molar-refractivity contribution in [3.05, 3.63) is 54.0 Å². The molecule has 1 fully saturated rings. The number of carbonyl (C=O) groups is 2. The van der Waals surface area contributed by atoms with Crippen molar-refractivity contribution in [2.75, 3.05) is 44.2 Å². The summed E-state index contributed by atoms with van der Waals surface area (Å²) in [6.45, 7) is 5.90. The number of benzene rings is 1. The molecule has 0 spiro atoms. The molecule has 3 rings (SSSR count). The SMILES string of the molecule is CC(=O)c1ccc(N2CCN(CC(=O)N(CCC#N)Cc3ccco3)CC2)cc1.